The van der Waals surface area contributed by atoms with Crippen molar-refractivity contribution in [2.24, 2.45) is 0 Å². The standard InChI is InChI=1S/C12H18ClNO/c1-9-4-5-11(13)12(8-9)15-10(2)6-7-14-3/h4-5,8,10,14H,6-7H2,1-3H3. The lowest BCUT2D eigenvalue weighted by atomic mass is 10.2. The minimum Gasteiger partial charge on any atom is -0.489 e. The predicted molar refractivity (Wildman–Crippen MR) is 64.8 cm³/mol. The molecule has 1 rings (SSSR count). The highest BCUT2D eigenvalue weighted by molar-refractivity contribution is 6.32. The van der Waals surface area contributed by atoms with Crippen molar-refractivity contribution >= 4 is 11.6 Å². The van der Waals surface area contributed by atoms with Crippen molar-refractivity contribution in [3.63, 3.8) is 0 Å². The molecule has 0 saturated carbocycles. The van der Waals surface area contributed by atoms with Gasteiger partial charge in [-0.2, -0.15) is 0 Å². The first-order chi connectivity index (χ1) is 7.13. The van der Waals surface area contributed by atoms with E-state index < -0.39 is 0 Å². The van der Waals surface area contributed by atoms with Crippen molar-refractivity contribution in [1.82, 2.24) is 5.32 Å². The second-order valence-electron chi connectivity index (χ2n) is 3.75. The molecule has 0 heterocycles. The van der Waals surface area contributed by atoms with E-state index in [2.05, 4.69) is 12.2 Å². The lowest BCUT2D eigenvalue weighted by Crippen LogP contribution is -2.19. The summed E-state index contributed by atoms with van der Waals surface area (Å²) < 4.78 is 5.76. The summed E-state index contributed by atoms with van der Waals surface area (Å²) in [5, 5.41) is 3.78. The van der Waals surface area contributed by atoms with Crippen LogP contribution < -0.4 is 10.1 Å². The SMILES string of the molecule is CNCCC(C)Oc1cc(C)ccc1Cl. The van der Waals surface area contributed by atoms with E-state index in [-0.39, 0.29) is 6.10 Å². The second-order valence-corrected chi connectivity index (χ2v) is 4.16. The van der Waals surface area contributed by atoms with Crippen molar-refractivity contribution in [2.75, 3.05) is 13.6 Å². The number of hydrogen-bond donors (Lipinski definition) is 1. The number of aryl methyl sites for hydroxylation is 1. The van der Waals surface area contributed by atoms with E-state index in [1.807, 2.05) is 32.2 Å². The fraction of sp³-hybridized carbons (Fsp3) is 0.500. The van der Waals surface area contributed by atoms with Gasteiger partial charge >= 0.3 is 0 Å². The van der Waals surface area contributed by atoms with Gasteiger partial charge in [0.05, 0.1) is 11.1 Å². The first kappa shape index (κ1) is 12.3. The molecule has 0 aliphatic rings. The van der Waals surface area contributed by atoms with Crippen LogP contribution in [-0.4, -0.2) is 19.7 Å². The topological polar surface area (TPSA) is 21.3 Å². The highest BCUT2D eigenvalue weighted by atomic mass is 35.5. The first-order valence-electron chi connectivity index (χ1n) is 5.21. The smallest absolute Gasteiger partial charge is 0.138 e. The van der Waals surface area contributed by atoms with E-state index in [0.29, 0.717) is 5.02 Å². The predicted octanol–water partition coefficient (Wildman–Crippen LogP) is 3.03. The third-order valence-electron chi connectivity index (χ3n) is 2.22. The van der Waals surface area contributed by atoms with Crippen molar-refractivity contribution < 1.29 is 4.74 Å². The van der Waals surface area contributed by atoms with Crippen LogP contribution >= 0.6 is 11.6 Å². The molecule has 0 radical (unpaired) electrons. The monoisotopic (exact) mass is 227 g/mol. The molecule has 1 unspecified atom stereocenters. The number of nitrogens with one attached hydrogen (secondary N) is 1. The summed E-state index contributed by atoms with van der Waals surface area (Å²) in [5.74, 6) is 0.778. The summed E-state index contributed by atoms with van der Waals surface area (Å²) in [6.45, 7) is 5.03. The number of benzene rings is 1. The van der Waals surface area contributed by atoms with Crippen LogP contribution in [0.15, 0.2) is 18.2 Å². The van der Waals surface area contributed by atoms with Crippen LogP contribution in [0, 0.1) is 6.92 Å². The Morgan fingerprint density at radius 3 is 2.87 bits per heavy atom. The zero-order valence-corrected chi connectivity index (χ0v) is 10.3. The van der Waals surface area contributed by atoms with Crippen molar-refractivity contribution in [3.05, 3.63) is 28.8 Å². The van der Waals surface area contributed by atoms with E-state index in [1.165, 1.54) is 0 Å². The Morgan fingerprint density at radius 2 is 2.20 bits per heavy atom. The van der Waals surface area contributed by atoms with Gasteiger partial charge in [-0.3, -0.25) is 0 Å². The molecule has 0 aliphatic carbocycles. The molecular weight excluding hydrogens is 210 g/mol. The summed E-state index contributed by atoms with van der Waals surface area (Å²) in [5.41, 5.74) is 1.16. The molecule has 0 bridgehead atoms. The molecular formula is C12H18ClNO. The van der Waals surface area contributed by atoms with Crippen LogP contribution in [0.5, 0.6) is 5.75 Å². The zero-order valence-electron chi connectivity index (χ0n) is 9.51. The third kappa shape index (κ3) is 4.10. The lowest BCUT2D eigenvalue weighted by molar-refractivity contribution is 0.211. The summed E-state index contributed by atoms with van der Waals surface area (Å²) in [7, 11) is 1.94. The summed E-state index contributed by atoms with van der Waals surface area (Å²) in [4.78, 5) is 0. The minimum absolute atomic E-state index is 0.178. The van der Waals surface area contributed by atoms with E-state index in [0.717, 1.165) is 24.3 Å². The molecule has 0 amide bonds. The number of halogens is 1. The molecule has 0 saturated heterocycles. The molecule has 1 aromatic rings. The fourth-order valence-electron chi connectivity index (χ4n) is 1.32. The van der Waals surface area contributed by atoms with Gasteiger partial charge in [-0.15, -0.1) is 0 Å². The molecule has 84 valence electrons. The van der Waals surface area contributed by atoms with Crippen LogP contribution in [0.2, 0.25) is 5.02 Å². The van der Waals surface area contributed by atoms with Gasteiger partial charge in [0.15, 0.2) is 0 Å². The molecule has 3 heteroatoms. The summed E-state index contributed by atoms with van der Waals surface area (Å²) >= 11 is 6.03. The van der Waals surface area contributed by atoms with Gasteiger partial charge in [-0.1, -0.05) is 17.7 Å². The number of hydrogen-bond acceptors (Lipinski definition) is 2. The highest BCUT2D eigenvalue weighted by Crippen LogP contribution is 2.26. The lowest BCUT2D eigenvalue weighted by Gasteiger charge is -2.15. The Balaban J connectivity index is 2.59. The second kappa shape index (κ2) is 5.99. The van der Waals surface area contributed by atoms with E-state index >= 15 is 0 Å². The molecule has 0 aromatic heterocycles. The first-order valence-corrected chi connectivity index (χ1v) is 5.58. The molecule has 2 nitrogen and oxygen atoms in total. The molecule has 0 spiro atoms. The van der Waals surface area contributed by atoms with Gasteiger partial charge in [-0.05, 0) is 51.6 Å². The highest BCUT2D eigenvalue weighted by Gasteiger charge is 2.06. The molecule has 0 fully saturated rings. The van der Waals surface area contributed by atoms with Crippen molar-refractivity contribution in [3.8, 4) is 5.75 Å². The van der Waals surface area contributed by atoms with E-state index in [4.69, 9.17) is 16.3 Å². The van der Waals surface area contributed by atoms with Crippen molar-refractivity contribution in [2.45, 2.75) is 26.4 Å². The minimum atomic E-state index is 0.178. The molecule has 1 aromatic carbocycles. The van der Waals surface area contributed by atoms with Crippen LogP contribution in [0.4, 0.5) is 0 Å². The Labute approximate surface area is 96.6 Å². The van der Waals surface area contributed by atoms with Crippen LogP contribution in [0.3, 0.4) is 0 Å². The Morgan fingerprint density at radius 1 is 1.47 bits per heavy atom. The maximum Gasteiger partial charge on any atom is 0.138 e. The average Bonchev–Trinajstić information content (AvgIpc) is 2.20. The normalized spacial score (nSPS) is 12.5. The average molecular weight is 228 g/mol. The Kier molecular flexibility index (Phi) is 4.92. The largest absolute Gasteiger partial charge is 0.489 e. The van der Waals surface area contributed by atoms with Gasteiger partial charge in [0.25, 0.3) is 0 Å². The Bertz CT molecular complexity index is 314. The van der Waals surface area contributed by atoms with Gasteiger partial charge in [0.1, 0.15) is 5.75 Å². The van der Waals surface area contributed by atoms with E-state index in [1.54, 1.807) is 0 Å². The van der Waals surface area contributed by atoms with E-state index in [9.17, 15) is 0 Å². The quantitative estimate of drug-likeness (QED) is 0.835. The number of rotatable bonds is 5. The van der Waals surface area contributed by atoms with Gasteiger partial charge < -0.3 is 10.1 Å². The summed E-state index contributed by atoms with van der Waals surface area (Å²) in [6.07, 6.45) is 1.15. The van der Waals surface area contributed by atoms with Crippen molar-refractivity contribution in [1.29, 1.82) is 0 Å². The number of ether oxygens (including phenoxy) is 1. The Hall–Kier alpha value is -0.730. The zero-order chi connectivity index (χ0) is 11.3. The van der Waals surface area contributed by atoms with Crippen LogP contribution in [0.1, 0.15) is 18.9 Å². The van der Waals surface area contributed by atoms with Gasteiger partial charge in [-0.25, -0.2) is 0 Å². The molecule has 1 atom stereocenters. The molecule has 0 aliphatic heterocycles. The van der Waals surface area contributed by atoms with Crippen LogP contribution in [0.25, 0.3) is 0 Å². The maximum atomic E-state index is 6.03. The maximum absolute atomic E-state index is 6.03. The molecule has 15 heavy (non-hydrogen) atoms. The fourth-order valence-corrected chi connectivity index (χ4v) is 1.49. The van der Waals surface area contributed by atoms with Gasteiger partial charge in [0.2, 0.25) is 0 Å². The van der Waals surface area contributed by atoms with Crippen LogP contribution in [-0.2, 0) is 0 Å². The third-order valence-corrected chi connectivity index (χ3v) is 2.53. The van der Waals surface area contributed by atoms with Gasteiger partial charge in [0, 0.05) is 0 Å². The summed E-state index contributed by atoms with van der Waals surface area (Å²) in [6, 6.07) is 5.82. The molecule has 1 N–H and O–H groups in total.